The lowest BCUT2D eigenvalue weighted by molar-refractivity contribution is -0.120. The zero-order chi connectivity index (χ0) is 13.1. The van der Waals surface area contributed by atoms with Gasteiger partial charge in [0.05, 0.1) is 0 Å². The predicted molar refractivity (Wildman–Crippen MR) is 62.6 cm³/mol. The highest BCUT2D eigenvalue weighted by Gasteiger charge is 2.22. The highest BCUT2D eigenvalue weighted by atomic mass is 32.2. The molecule has 0 aromatic heterocycles. The van der Waals surface area contributed by atoms with E-state index in [9.17, 15) is 17.6 Å². The van der Waals surface area contributed by atoms with Crippen LogP contribution in [-0.4, -0.2) is 25.8 Å². The number of carbonyl (C=O) groups is 1. The van der Waals surface area contributed by atoms with Crippen molar-refractivity contribution < 1.29 is 17.6 Å². The average Bonchev–Trinajstić information content (AvgIpc) is 2.25. The van der Waals surface area contributed by atoms with Gasteiger partial charge >= 0.3 is 0 Å². The van der Waals surface area contributed by atoms with E-state index in [0.717, 1.165) is 6.26 Å². The summed E-state index contributed by atoms with van der Waals surface area (Å²) in [6.07, 6.45) is 1.01. The quantitative estimate of drug-likeness (QED) is 0.873. The lowest BCUT2D eigenvalue weighted by Gasteiger charge is -2.10. The zero-order valence-corrected chi connectivity index (χ0v) is 10.4. The highest BCUT2D eigenvalue weighted by molar-refractivity contribution is 7.92. The molecule has 4 nitrogen and oxygen atoms in total. The van der Waals surface area contributed by atoms with Gasteiger partial charge in [0.2, 0.25) is 5.91 Å². The maximum absolute atomic E-state index is 12.6. The smallest absolute Gasteiger partial charge is 0.238 e. The zero-order valence-electron chi connectivity index (χ0n) is 9.60. The molecular formula is C11H14FNO3S. The normalized spacial score (nSPS) is 13.1. The van der Waals surface area contributed by atoms with E-state index in [1.165, 1.54) is 31.2 Å². The van der Waals surface area contributed by atoms with Crippen LogP contribution in [0.5, 0.6) is 0 Å². The molecule has 0 saturated heterocycles. The van der Waals surface area contributed by atoms with Crippen molar-refractivity contribution in [1.29, 1.82) is 0 Å². The Labute approximate surface area is 99.8 Å². The second-order valence-electron chi connectivity index (χ2n) is 3.82. The van der Waals surface area contributed by atoms with Crippen molar-refractivity contribution in [3.63, 3.8) is 0 Å². The summed E-state index contributed by atoms with van der Waals surface area (Å²) in [6.45, 7) is 1.51. The minimum atomic E-state index is -3.39. The molecule has 0 unspecified atom stereocenters. The molecule has 17 heavy (non-hydrogen) atoms. The number of hydrogen-bond donors (Lipinski definition) is 1. The molecule has 1 N–H and O–H groups in total. The Morgan fingerprint density at radius 1 is 1.35 bits per heavy atom. The first kappa shape index (κ1) is 13.6. The van der Waals surface area contributed by atoms with Crippen LogP contribution >= 0.6 is 0 Å². The van der Waals surface area contributed by atoms with Crippen molar-refractivity contribution in [1.82, 2.24) is 5.32 Å². The highest BCUT2D eigenvalue weighted by Crippen LogP contribution is 2.03. The number of benzene rings is 1. The second kappa shape index (κ2) is 5.27. The fourth-order valence-electron chi connectivity index (χ4n) is 1.13. The van der Waals surface area contributed by atoms with Gasteiger partial charge in [0.1, 0.15) is 11.1 Å². The molecule has 1 atom stereocenters. The maximum atomic E-state index is 12.6. The molecule has 0 aliphatic rings. The van der Waals surface area contributed by atoms with E-state index < -0.39 is 21.0 Å². The van der Waals surface area contributed by atoms with E-state index in [0.29, 0.717) is 5.56 Å². The first-order chi connectivity index (χ1) is 7.80. The van der Waals surface area contributed by atoms with Gasteiger partial charge in [-0.05, 0) is 24.6 Å². The number of sulfone groups is 1. The number of hydrogen-bond acceptors (Lipinski definition) is 3. The molecule has 1 aromatic carbocycles. The molecule has 0 spiro atoms. The fourth-order valence-corrected chi connectivity index (χ4v) is 1.60. The molecule has 0 heterocycles. The Morgan fingerprint density at radius 3 is 2.35 bits per heavy atom. The van der Waals surface area contributed by atoms with E-state index >= 15 is 0 Å². The van der Waals surface area contributed by atoms with Crippen molar-refractivity contribution >= 4 is 15.7 Å². The van der Waals surface area contributed by atoms with Crippen LogP contribution in [0.3, 0.4) is 0 Å². The third-order valence-electron chi connectivity index (χ3n) is 2.39. The first-order valence-electron chi connectivity index (χ1n) is 5.01. The molecular weight excluding hydrogens is 245 g/mol. The molecule has 0 radical (unpaired) electrons. The molecule has 1 amide bonds. The van der Waals surface area contributed by atoms with Crippen molar-refractivity contribution in [3.8, 4) is 0 Å². The van der Waals surface area contributed by atoms with Crippen LogP contribution < -0.4 is 5.32 Å². The monoisotopic (exact) mass is 259 g/mol. The largest absolute Gasteiger partial charge is 0.351 e. The summed E-state index contributed by atoms with van der Waals surface area (Å²) < 4.78 is 34.8. The second-order valence-corrected chi connectivity index (χ2v) is 6.18. The van der Waals surface area contributed by atoms with Crippen molar-refractivity contribution in [2.75, 3.05) is 6.26 Å². The number of halogens is 1. The Bertz CT molecular complexity index is 496. The van der Waals surface area contributed by atoms with Crippen LogP contribution in [0.2, 0.25) is 0 Å². The summed E-state index contributed by atoms with van der Waals surface area (Å²) in [5.74, 6) is -0.915. The van der Waals surface area contributed by atoms with Crippen molar-refractivity contribution in [2.45, 2.75) is 18.7 Å². The van der Waals surface area contributed by atoms with Crippen LogP contribution in [0.1, 0.15) is 12.5 Å². The average molecular weight is 259 g/mol. The van der Waals surface area contributed by atoms with E-state index in [1.54, 1.807) is 0 Å². The van der Waals surface area contributed by atoms with Gasteiger partial charge in [0.25, 0.3) is 0 Å². The van der Waals surface area contributed by atoms with Crippen LogP contribution in [0.15, 0.2) is 24.3 Å². The summed E-state index contributed by atoms with van der Waals surface area (Å²) in [6, 6.07) is 5.62. The molecule has 0 fully saturated rings. The minimum absolute atomic E-state index is 0.180. The SMILES string of the molecule is C[C@H](C(=O)NCc1ccc(F)cc1)S(C)(=O)=O. The third kappa shape index (κ3) is 4.14. The molecule has 0 aliphatic carbocycles. The minimum Gasteiger partial charge on any atom is -0.351 e. The lowest BCUT2D eigenvalue weighted by Crippen LogP contribution is -2.36. The molecule has 1 aromatic rings. The maximum Gasteiger partial charge on any atom is 0.238 e. The van der Waals surface area contributed by atoms with Gasteiger partial charge in [0, 0.05) is 12.8 Å². The van der Waals surface area contributed by atoms with Crippen LogP contribution in [0.25, 0.3) is 0 Å². The van der Waals surface area contributed by atoms with Crippen LogP contribution in [0, 0.1) is 5.82 Å². The first-order valence-corrected chi connectivity index (χ1v) is 6.97. The molecule has 94 valence electrons. The number of carbonyl (C=O) groups excluding carboxylic acids is 1. The molecule has 0 bridgehead atoms. The topological polar surface area (TPSA) is 63.2 Å². The standard InChI is InChI=1S/C11H14FNO3S/c1-8(17(2,15)16)11(14)13-7-9-3-5-10(12)6-4-9/h3-6,8H,7H2,1-2H3,(H,13,14)/t8-/m1/s1. The third-order valence-corrected chi connectivity index (χ3v) is 3.89. The fraction of sp³-hybridized carbons (Fsp3) is 0.364. The Balaban J connectivity index is 2.57. The van der Waals surface area contributed by atoms with Crippen LogP contribution in [-0.2, 0) is 21.2 Å². The molecule has 0 aliphatic heterocycles. The Morgan fingerprint density at radius 2 is 1.88 bits per heavy atom. The number of amides is 1. The van der Waals surface area contributed by atoms with E-state index in [2.05, 4.69) is 5.32 Å². The van der Waals surface area contributed by atoms with Gasteiger partial charge in [-0.25, -0.2) is 12.8 Å². The Hall–Kier alpha value is -1.43. The van der Waals surface area contributed by atoms with Crippen LogP contribution in [0.4, 0.5) is 4.39 Å². The summed E-state index contributed by atoms with van der Waals surface area (Å²) >= 11 is 0. The van der Waals surface area contributed by atoms with Crippen molar-refractivity contribution in [3.05, 3.63) is 35.6 Å². The molecule has 1 rings (SSSR count). The van der Waals surface area contributed by atoms with E-state index in [4.69, 9.17) is 0 Å². The summed E-state index contributed by atoms with van der Waals surface area (Å²) in [4.78, 5) is 11.5. The van der Waals surface area contributed by atoms with Gasteiger partial charge in [-0.15, -0.1) is 0 Å². The van der Waals surface area contributed by atoms with Gasteiger partial charge < -0.3 is 5.32 Å². The lowest BCUT2D eigenvalue weighted by atomic mass is 10.2. The van der Waals surface area contributed by atoms with Gasteiger partial charge in [-0.3, -0.25) is 4.79 Å². The van der Waals surface area contributed by atoms with Gasteiger partial charge in [-0.1, -0.05) is 12.1 Å². The number of rotatable bonds is 4. The number of nitrogens with one attached hydrogen (secondary N) is 1. The van der Waals surface area contributed by atoms with Gasteiger partial charge in [0.15, 0.2) is 9.84 Å². The summed E-state index contributed by atoms with van der Waals surface area (Å²) in [5, 5.41) is 1.40. The Kier molecular flexibility index (Phi) is 4.22. The molecule has 6 heteroatoms. The molecule has 0 saturated carbocycles. The van der Waals surface area contributed by atoms with E-state index in [-0.39, 0.29) is 12.4 Å². The van der Waals surface area contributed by atoms with Gasteiger partial charge in [-0.2, -0.15) is 0 Å². The van der Waals surface area contributed by atoms with E-state index in [1.807, 2.05) is 0 Å². The predicted octanol–water partition coefficient (Wildman–Crippen LogP) is 0.875. The summed E-state index contributed by atoms with van der Waals surface area (Å²) in [5.41, 5.74) is 0.709. The van der Waals surface area contributed by atoms with Crippen molar-refractivity contribution in [2.24, 2.45) is 0 Å². The summed E-state index contributed by atoms with van der Waals surface area (Å²) in [7, 11) is -3.39.